The van der Waals surface area contributed by atoms with Gasteiger partial charge in [-0.15, -0.1) is 0 Å². The van der Waals surface area contributed by atoms with Gasteiger partial charge in [-0.25, -0.2) is 9.18 Å². The first-order valence-corrected chi connectivity index (χ1v) is 12.6. The minimum absolute atomic E-state index is 0.0740. The minimum atomic E-state index is -1.21. The summed E-state index contributed by atoms with van der Waals surface area (Å²) in [5.74, 6) is -2.42. The van der Waals surface area contributed by atoms with E-state index in [2.05, 4.69) is 22.4 Å². The molecule has 2 N–H and O–H groups in total. The number of carboxylic acid groups (broad SMARTS) is 1. The Hall–Kier alpha value is -2.58. The molecule has 2 aliphatic rings. The summed E-state index contributed by atoms with van der Waals surface area (Å²) in [6, 6.07) is 3.18. The summed E-state index contributed by atoms with van der Waals surface area (Å²) in [4.78, 5) is 32.7. The van der Waals surface area contributed by atoms with Gasteiger partial charge in [0.05, 0.1) is 28.6 Å². The molecule has 0 aliphatic heterocycles. The molecular weight excluding hydrogens is 473 g/mol. The summed E-state index contributed by atoms with van der Waals surface area (Å²) in [6.07, 6.45) is 9.68. The SMILES string of the molecule is Cc1ncc(F)c(C(=O)N[C@@H](CCOC2CC(CCc3ccc4c(n3)CCCC4)C2)C(=O)O)c1Cl. The number of carbonyl (C=O) groups excluding carboxylic acids is 1. The number of hydrogen-bond acceptors (Lipinski definition) is 5. The smallest absolute Gasteiger partial charge is 0.326 e. The Labute approximate surface area is 209 Å². The zero-order valence-corrected chi connectivity index (χ0v) is 20.6. The van der Waals surface area contributed by atoms with Gasteiger partial charge < -0.3 is 15.2 Å². The van der Waals surface area contributed by atoms with Crippen LogP contribution < -0.4 is 5.32 Å². The second-order valence-corrected chi connectivity index (χ2v) is 9.90. The summed E-state index contributed by atoms with van der Waals surface area (Å²) in [5.41, 5.74) is 3.72. The van der Waals surface area contributed by atoms with E-state index >= 15 is 0 Å². The van der Waals surface area contributed by atoms with Crippen molar-refractivity contribution in [3.63, 3.8) is 0 Å². The zero-order chi connectivity index (χ0) is 24.9. The summed E-state index contributed by atoms with van der Waals surface area (Å²) < 4.78 is 19.9. The number of aromatic nitrogens is 2. The number of carboxylic acids is 1. The molecule has 0 saturated heterocycles. The van der Waals surface area contributed by atoms with Crippen molar-refractivity contribution in [1.82, 2.24) is 15.3 Å². The lowest BCUT2D eigenvalue weighted by molar-refractivity contribution is -0.140. The van der Waals surface area contributed by atoms with Crippen molar-refractivity contribution in [2.24, 2.45) is 5.92 Å². The highest BCUT2D eigenvalue weighted by Crippen LogP contribution is 2.34. The van der Waals surface area contributed by atoms with E-state index in [-0.39, 0.29) is 29.8 Å². The number of fused-ring (bicyclic) bond motifs is 1. The van der Waals surface area contributed by atoms with Crippen molar-refractivity contribution < 1.29 is 23.8 Å². The van der Waals surface area contributed by atoms with Crippen molar-refractivity contribution in [1.29, 1.82) is 0 Å². The lowest BCUT2D eigenvalue weighted by atomic mass is 9.79. The molecule has 35 heavy (non-hydrogen) atoms. The average molecular weight is 504 g/mol. The van der Waals surface area contributed by atoms with Crippen molar-refractivity contribution in [3.05, 3.63) is 57.4 Å². The van der Waals surface area contributed by atoms with Crippen LogP contribution in [0.2, 0.25) is 5.02 Å². The zero-order valence-electron chi connectivity index (χ0n) is 19.9. The standard InChI is InChI=1S/C26H31ClFN3O4/c1-15-24(27)23(20(28)14-29-15)25(32)31-22(26(33)34)10-11-35-19-12-16(13-19)6-8-18-9-7-17-4-2-3-5-21(17)30-18/h7,9,14,16,19,22H,2-6,8,10-13H2,1H3,(H,31,32)(H,33,34)/t16?,19?,22-/m0/s1. The van der Waals surface area contributed by atoms with E-state index < -0.39 is 29.3 Å². The fourth-order valence-electron chi connectivity index (χ4n) is 4.77. The van der Waals surface area contributed by atoms with Crippen LogP contribution in [-0.4, -0.2) is 45.7 Å². The van der Waals surface area contributed by atoms with Crippen LogP contribution >= 0.6 is 11.6 Å². The molecule has 7 nitrogen and oxygen atoms in total. The minimum Gasteiger partial charge on any atom is -0.480 e. The van der Waals surface area contributed by atoms with E-state index in [9.17, 15) is 19.1 Å². The van der Waals surface area contributed by atoms with Gasteiger partial charge in [0.1, 0.15) is 6.04 Å². The third-order valence-corrected chi connectivity index (χ3v) is 7.44. The quantitative estimate of drug-likeness (QED) is 0.496. The highest BCUT2D eigenvalue weighted by Gasteiger charge is 2.31. The number of aryl methyl sites for hydroxylation is 4. The third kappa shape index (κ3) is 6.35. The second-order valence-electron chi connectivity index (χ2n) is 9.52. The Morgan fingerprint density at radius 2 is 2.06 bits per heavy atom. The van der Waals surface area contributed by atoms with Crippen molar-refractivity contribution in [2.45, 2.75) is 76.9 Å². The lowest BCUT2D eigenvalue weighted by Gasteiger charge is -2.35. The van der Waals surface area contributed by atoms with Crippen LogP contribution in [0.15, 0.2) is 18.3 Å². The Morgan fingerprint density at radius 1 is 1.29 bits per heavy atom. The average Bonchev–Trinajstić information content (AvgIpc) is 2.81. The van der Waals surface area contributed by atoms with Gasteiger partial charge in [0.25, 0.3) is 5.91 Å². The summed E-state index contributed by atoms with van der Waals surface area (Å²) in [6.45, 7) is 1.73. The molecule has 188 valence electrons. The van der Waals surface area contributed by atoms with Gasteiger partial charge in [-0.3, -0.25) is 14.8 Å². The fourth-order valence-corrected chi connectivity index (χ4v) is 5.00. The van der Waals surface area contributed by atoms with Crippen LogP contribution in [0.5, 0.6) is 0 Å². The number of carbonyl (C=O) groups is 2. The van der Waals surface area contributed by atoms with Gasteiger partial charge in [-0.2, -0.15) is 0 Å². The van der Waals surface area contributed by atoms with E-state index in [4.69, 9.17) is 21.3 Å². The Balaban J connectivity index is 1.18. The molecule has 1 fully saturated rings. The van der Waals surface area contributed by atoms with E-state index in [0.717, 1.165) is 50.4 Å². The van der Waals surface area contributed by atoms with Crippen molar-refractivity contribution in [3.8, 4) is 0 Å². The van der Waals surface area contributed by atoms with Gasteiger partial charge >= 0.3 is 5.97 Å². The molecule has 2 aromatic rings. The molecule has 2 heterocycles. The lowest BCUT2D eigenvalue weighted by Crippen LogP contribution is -2.42. The molecule has 1 saturated carbocycles. The van der Waals surface area contributed by atoms with Gasteiger partial charge in [-0.1, -0.05) is 17.7 Å². The number of amides is 1. The van der Waals surface area contributed by atoms with Crippen LogP contribution in [-0.2, 0) is 28.8 Å². The maximum absolute atomic E-state index is 14.0. The number of pyridine rings is 2. The Morgan fingerprint density at radius 3 is 2.83 bits per heavy atom. The van der Waals surface area contributed by atoms with Crippen LogP contribution in [0.3, 0.4) is 0 Å². The highest BCUT2D eigenvalue weighted by molar-refractivity contribution is 6.34. The molecular formula is C26H31ClFN3O4. The maximum atomic E-state index is 14.0. The fraction of sp³-hybridized carbons (Fsp3) is 0.538. The summed E-state index contributed by atoms with van der Waals surface area (Å²) >= 11 is 6.00. The monoisotopic (exact) mass is 503 g/mol. The maximum Gasteiger partial charge on any atom is 0.326 e. The van der Waals surface area contributed by atoms with Crippen LogP contribution in [0, 0.1) is 18.7 Å². The molecule has 0 aromatic carbocycles. The number of ether oxygens (including phenoxy) is 1. The summed E-state index contributed by atoms with van der Waals surface area (Å²) in [7, 11) is 0. The van der Waals surface area contributed by atoms with Crippen LogP contribution in [0.4, 0.5) is 4.39 Å². The molecule has 0 radical (unpaired) electrons. The highest BCUT2D eigenvalue weighted by atomic mass is 35.5. The van der Waals surface area contributed by atoms with Crippen molar-refractivity contribution >= 4 is 23.5 Å². The number of aliphatic carboxylic acids is 1. The van der Waals surface area contributed by atoms with Crippen LogP contribution in [0.25, 0.3) is 0 Å². The number of rotatable bonds is 10. The van der Waals surface area contributed by atoms with E-state index in [1.54, 1.807) is 0 Å². The van der Waals surface area contributed by atoms with E-state index in [1.807, 2.05) is 0 Å². The van der Waals surface area contributed by atoms with Gasteiger partial charge in [-0.05, 0) is 75.8 Å². The van der Waals surface area contributed by atoms with E-state index in [1.165, 1.54) is 31.0 Å². The topological polar surface area (TPSA) is 101 Å². The predicted molar refractivity (Wildman–Crippen MR) is 129 cm³/mol. The molecule has 1 atom stereocenters. The number of hydrogen-bond donors (Lipinski definition) is 2. The van der Waals surface area contributed by atoms with Crippen molar-refractivity contribution in [2.75, 3.05) is 6.61 Å². The molecule has 0 spiro atoms. The van der Waals surface area contributed by atoms with Crippen LogP contribution in [0.1, 0.15) is 71.5 Å². The Bertz CT molecular complexity index is 1090. The predicted octanol–water partition coefficient (Wildman–Crippen LogP) is 4.46. The molecule has 1 amide bonds. The second kappa shape index (κ2) is 11.4. The third-order valence-electron chi connectivity index (χ3n) is 6.98. The molecule has 0 bridgehead atoms. The normalized spacial score (nSPS) is 20.0. The number of nitrogens with one attached hydrogen (secondary N) is 1. The number of halogens is 2. The molecule has 2 aromatic heterocycles. The van der Waals surface area contributed by atoms with E-state index in [0.29, 0.717) is 5.92 Å². The first kappa shape index (κ1) is 25.5. The van der Waals surface area contributed by atoms with Gasteiger partial charge in [0.2, 0.25) is 0 Å². The molecule has 4 rings (SSSR count). The Kier molecular flexibility index (Phi) is 8.34. The molecule has 9 heteroatoms. The molecule has 0 unspecified atom stereocenters. The molecule has 2 aliphatic carbocycles. The van der Waals surface area contributed by atoms with Gasteiger partial charge in [0, 0.05) is 24.4 Å². The van der Waals surface area contributed by atoms with Gasteiger partial charge in [0.15, 0.2) is 5.82 Å². The first-order chi connectivity index (χ1) is 16.8. The first-order valence-electron chi connectivity index (χ1n) is 12.3. The summed E-state index contributed by atoms with van der Waals surface area (Å²) in [5, 5.41) is 11.7. The number of nitrogens with zero attached hydrogens (tertiary/aromatic N) is 2. The largest absolute Gasteiger partial charge is 0.480 e.